The lowest BCUT2D eigenvalue weighted by Gasteiger charge is -2.26. The van der Waals surface area contributed by atoms with Crippen molar-refractivity contribution in [1.82, 2.24) is 29.7 Å². The van der Waals surface area contributed by atoms with Crippen LogP contribution in [0.5, 0.6) is 0 Å². The monoisotopic (exact) mass is 339 g/mol. The van der Waals surface area contributed by atoms with Crippen molar-refractivity contribution in [2.75, 3.05) is 35.7 Å². The molecule has 3 aromatic heterocycles. The first-order valence-corrected chi connectivity index (χ1v) is 8.39. The van der Waals surface area contributed by atoms with Crippen LogP contribution < -0.4 is 15.5 Å². The topological polar surface area (TPSA) is 96.7 Å². The molecule has 1 aliphatic rings. The van der Waals surface area contributed by atoms with Crippen molar-refractivity contribution in [3.63, 3.8) is 0 Å². The summed E-state index contributed by atoms with van der Waals surface area (Å²) in [5.74, 6) is 2.61. The maximum absolute atomic E-state index is 4.44. The Morgan fingerprint density at radius 2 is 2.08 bits per heavy atom. The van der Waals surface area contributed by atoms with Gasteiger partial charge in [-0.2, -0.15) is 5.10 Å². The number of fused-ring (bicyclic) bond motifs is 1. The zero-order chi connectivity index (χ0) is 17.2. The van der Waals surface area contributed by atoms with E-state index in [-0.39, 0.29) is 0 Å². The van der Waals surface area contributed by atoms with Gasteiger partial charge in [0, 0.05) is 39.3 Å². The normalized spacial score (nSPS) is 17.2. The van der Waals surface area contributed by atoms with Crippen molar-refractivity contribution >= 4 is 28.5 Å². The van der Waals surface area contributed by atoms with Gasteiger partial charge in [-0.1, -0.05) is 0 Å². The van der Waals surface area contributed by atoms with Crippen LogP contribution in [0.4, 0.5) is 17.5 Å². The second-order valence-corrected chi connectivity index (χ2v) is 6.11. The van der Waals surface area contributed by atoms with E-state index in [1.54, 1.807) is 23.5 Å². The van der Waals surface area contributed by atoms with Gasteiger partial charge in [-0.25, -0.2) is 19.9 Å². The van der Waals surface area contributed by atoms with Crippen LogP contribution >= 0.6 is 0 Å². The highest BCUT2D eigenvalue weighted by Gasteiger charge is 2.26. The molecule has 3 aromatic rings. The summed E-state index contributed by atoms with van der Waals surface area (Å²) in [5, 5.41) is 11.7. The van der Waals surface area contributed by atoms with Gasteiger partial charge in [0.25, 0.3) is 0 Å². The number of nitrogens with zero attached hydrogens (tertiary/aromatic N) is 7. The zero-order valence-corrected chi connectivity index (χ0v) is 14.3. The van der Waals surface area contributed by atoms with Gasteiger partial charge in [-0.15, -0.1) is 0 Å². The number of hydrogen-bond acceptors (Lipinski definition) is 8. The number of anilines is 3. The highest BCUT2D eigenvalue weighted by Crippen LogP contribution is 2.26. The molecule has 0 saturated carbocycles. The molecule has 0 bridgehead atoms. The summed E-state index contributed by atoms with van der Waals surface area (Å²) in [6.07, 6.45) is 7.24. The summed E-state index contributed by atoms with van der Waals surface area (Å²) >= 11 is 0. The number of nitrogens with one attached hydrogen (secondary N) is 2. The Morgan fingerprint density at radius 1 is 1.20 bits per heavy atom. The molecule has 1 aliphatic heterocycles. The molecular formula is C16H21N9. The Bertz CT molecular complexity index is 875. The van der Waals surface area contributed by atoms with Crippen molar-refractivity contribution in [1.29, 1.82) is 0 Å². The van der Waals surface area contributed by atoms with Crippen molar-refractivity contribution in [2.24, 2.45) is 7.05 Å². The summed E-state index contributed by atoms with van der Waals surface area (Å²) in [7, 11) is 3.75. The van der Waals surface area contributed by atoms with Crippen LogP contribution in [0, 0.1) is 0 Å². The average Bonchev–Trinajstić information content (AvgIpc) is 3.27. The van der Waals surface area contributed by atoms with E-state index < -0.39 is 0 Å². The Morgan fingerprint density at radius 3 is 2.96 bits per heavy atom. The molecule has 9 nitrogen and oxygen atoms in total. The molecule has 130 valence electrons. The number of rotatable bonds is 5. The molecule has 4 rings (SSSR count). The molecule has 25 heavy (non-hydrogen) atoms. The minimum atomic E-state index is 0.362. The lowest BCUT2D eigenvalue weighted by atomic mass is 10.2. The summed E-state index contributed by atoms with van der Waals surface area (Å²) in [5.41, 5.74) is 0.829. The number of aromatic nitrogens is 6. The molecule has 1 atom stereocenters. The van der Waals surface area contributed by atoms with Crippen molar-refractivity contribution in [2.45, 2.75) is 18.9 Å². The molecule has 4 heterocycles. The lowest BCUT2D eigenvalue weighted by Crippen LogP contribution is -2.35. The predicted octanol–water partition coefficient (Wildman–Crippen LogP) is 1.28. The summed E-state index contributed by atoms with van der Waals surface area (Å²) in [6.45, 7) is 1.79. The molecule has 0 aromatic carbocycles. The molecule has 2 N–H and O–H groups in total. The Labute approximate surface area is 145 Å². The van der Waals surface area contributed by atoms with Gasteiger partial charge in [0.05, 0.1) is 11.6 Å². The average molecular weight is 339 g/mol. The second-order valence-electron chi connectivity index (χ2n) is 6.11. The minimum absolute atomic E-state index is 0.362. The Balaban J connectivity index is 1.51. The van der Waals surface area contributed by atoms with E-state index in [0.29, 0.717) is 6.04 Å². The largest absolute Gasteiger partial charge is 0.373 e. The van der Waals surface area contributed by atoms with E-state index in [0.717, 1.165) is 54.4 Å². The summed E-state index contributed by atoms with van der Waals surface area (Å²) in [6, 6.07) is 2.35. The van der Waals surface area contributed by atoms with E-state index in [1.807, 2.05) is 20.2 Å². The Hall–Kier alpha value is -2.97. The van der Waals surface area contributed by atoms with Gasteiger partial charge in [0.15, 0.2) is 5.65 Å². The second kappa shape index (κ2) is 6.50. The van der Waals surface area contributed by atoms with Crippen LogP contribution in [-0.4, -0.2) is 55.9 Å². The van der Waals surface area contributed by atoms with Crippen molar-refractivity contribution in [3.05, 3.63) is 24.9 Å². The van der Waals surface area contributed by atoms with Crippen LogP contribution in [-0.2, 0) is 7.05 Å². The van der Waals surface area contributed by atoms with E-state index in [4.69, 9.17) is 0 Å². The van der Waals surface area contributed by atoms with E-state index >= 15 is 0 Å². The summed E-state index contributed by atoms with van der Waals surface area (Å²) < 4.78 is 1.75. The van der Waals surface area contributed by atoms with Crippen LogP contribution in [0.2, 0.25) is 0 Å². The van der Waals surface area contributed by atoms with Crippen molar-refractivity contribution in [3.8, 4) is 0 Å². The fourth-order valence-electron chi connectivity index (χ4n) is 3.31. The molecule has 0 amide bonds. The smallest absolute Gasteiger partial charge is 0.163 e. The highest BCUT2D eigenvalue weighted by molar-refractivity contribution is 5.85. The van der Waals surface area contributed by atoms with Gasteiger partial charge < -0.3 is 15.5 Å². The van der Waals surface area contributed by atoms with Gasteiger partial charge in [0.2, 0.25) is 0 Å². The van der Waals surface area contributed by atoms with Crippen LogP contribution in [0.3, 0.4) is 0 Å². The third-order valence-corrected chi connectivity index (χ3v) is 4.61. The molecule has 1 fully saturated rings. The molecule has 9 heteroatoms. The van der Waals surface area contributed by atoms with Crippen LogP contribution in [0.15, 0.2) is 24.9 Å². The molecule has 0 aliphatic carbocycles. The first kappa shape index (κ1) is 15.6. The van der Waals surface area contributed by atoms with E-state index in [2.05, 4.69) is 40.6 Å². The highest BCUT2D eigenvalue weighted by atomic mass is 15.3. The fraction of sp³-hybridized carbons (Fsp3) is 0.438. The van der Waals surface area contributed by atoms with E-state index in [9.17, 15) is 0 Å². The molecule has 0 radical (unpaired) electrons. The number of hydrogen-bond donors (Lipinski definition) is 2. The predicted molar refractivity (Wildman–Crippen MR) is 96.7 cm³/mol. The SMILES string of the molecule is CNc1cc(N2CCC[C@@H]2CNc2ncnc3c2cnn3C)ncn1. The lowest BCUT2D eigenvalue weighted by molar-refractivity contribution is 0.689. The quantitative estimate of drug-likeness (QED) is 0.717. The third-order valence-electron chi connectivity index (χ3n) is 4.61. The van der Waals surface area contributed by atoms with Crippen molar-refractivity contribution < 1.29 is 0 Å². The maximum Gasteiger partial charge on any atom is 0.163 e. The van der Waals surface area contributed by atoms with Gasteiger partial charge in [-0.3, -0.25) is 4.68 Å². The molecule has 0 spiro atoms. The standard InChI is InChI=1S/C16H21N9/c1-17-13-6-14(20-9-19-13)25-5-3-4-11(25)7-18-15-12-8-23-24(2)16(12)22-10-21-15/h6,8-11H,3-5,7H2,1-2H3,(H,17,19,20)(H,18,21,22)/t11-/m1/s1. The van der Waals surface area contributed by atoms with Gasteiger partial charge >= 0.3 is 0 Å². The van der Waals surface area contributed by atoms with E-state index in [1.165, 1.54) is 0 Å². The molecule has 0 unspecified atom stereocenters. The van der Waals surface area contributed by atoms with Gasteiger partial charge in [-0.05, 0) is 12.8 Å². The van der Waals surface area contributed by atoms with Crippen LogP contribution in [0.1, 0.15) is 12.8 Å². The molecule has 1 saturated heterocycles. The minimum Gasteiger partial charge on any atom is -0.373 e. The first-order valence-electron chi connectivity index (χ1n) is 8.39. The Kier molecular flexibility index (Phi) is 4.04. The van der Waals surface area contributed by atoms with Gasteiger partial charge in [0.1, 0.15) is 30.1 Å². The molecular weight excluding hydrogens is 318 g/mol. The maximum atomic E-state index is 4.44. The van der Waals surface area contributed by atoms with Crippen LogP contribution in [0.25, 0.3) is 11.0 Å². The first-order chi connectivity index (χ1) is 12.3. The summed E-state index contributed by atoms with van der Waals surface area (Å²) in [4.78, 5) is 19.6. The zero-order valence-electron chi connectivity index (χ0n) is 14.3. The number of aryl methyl sites for hydroxylation is 1. The fourth-order valence-corrected chi connectivity index (χ4v) is 3.31. The third kappa shape index (κ3) is 2.92.